The minimum absolute atomic E-state index is 0.0475. The number of primary amides is 1. The minimum atomic E-state index is -0.431. The Morgan fingerprint density at radius 1 is 1.26 bits per heavy atom. The Morgan fingerprint density at radius 3 is 2.61 bits per heavy atom. The molecule has 1 aromatic rings. The van der Waals surface area contributed by atoms with Crippen molar-refractivity contribution in [2.75, 3.05) is 25.0 Å². The maximum absolute atomic E-state index is 12.4. The molecule has 2 aliphatic rings. The lowest BCUT2D eigenvalue weighted by molar-refractivity contribution is -0.117. The number of carbonyl (C=O) groups is 2. The highest BCUT2D eigenvalue weighted by molar-refractivity contribution is 7.17. The van der Waals surface area contributed by atoms with Gasteiger partial charge in [-0.15, -0.1) is 11.3 Å². The summed E-state index contributed by atoms with van der Waals surface area (Å²) in [7, 11) is 0. The fourth-order valence-electron chi connectivity index (χ4n) is 4.04. The van der Waals surface area contributed by atoms with Crippen LogP contribution in [0.2, 0.25) is 0 Å². The largest absolute Gasteiger partial charge is 0.365 e. The van der Waals surface area contributed by atoms with Crippen LogP contribution in [0, 0.1) is 11.8 Å². The Bertz CT molecular complexity index is 616. The number of fused-ring (bicyclic) bond motifs is 1. The molecule has 1 saturated heterocycles. The van der Waals surface area contributed by atoms with Gasteiger partial charge in [0.1, 0.15) is 5.00 Å². The summed E-state index contributed by atoms with van der Waals surface area (Å²) in [5.74, 6) is 0.769. The van der Waals surface area contributed by atoms with E-state index in [4.69, 9.17) is 5.73 Å². The Hall–Kier alpha value is -1.40. The van der Waals surface area contributed by atoms with Gasteiger partial charge in [0.25, 0.3) is 5.91 Å². The van der Waals surface area contributed by atoms with E-state index < -0.39 is 5.91 Å². The van der Waals surface area contributed by atoms with Crippen LogP contribution in [0.1, 0.15) is 47.5 Å². The molecule has 2 atom stereocenters. The van der Waals surface area contributed by atoms with Crippen molar-refractivity contribution < 1.29 is 9.59 Å². The molecule has 1 aromatic heterocycles. The molecule has 6 heteroatoms. The first-order valence-corrected chi connectivity index (χ1v) is 9.22. The maximum atomic E-state index is 12.4. The van der Waals surface area contributed by atoms with Crippen molar-refractivity contribution in [3.05, 3.63) is 16.0 Å². The fourth-order valence-corrected chi connectivity index (χ4v) is 5.35. The van der Waals surface area contributed by atoms with E-state index in [1.165, 1.54) is 22.6 Å². The second-order valence-corrected chi connectivity index (χ2v) is 8.22. The molecule has 0 spiro atoms. The standard InChI is InChI=1S/C17H25N3O2S/c1-10-6-11(2)8-20(7-10)9-14(21)19-17-15(16(18)22)12-4-3-5-13(12)23-17/h10-11H,3-9H2,1-2H3,(H2,18,22)(H,19,21)/t10-,11-/m1/s1. The summed E-state index contributed by atoms with van der Waals surface area (Å²) in [5, 5.41) is 3.58. The van der Waals surface area contributed by atoms with Crippen LogP contribution in [0.25, 0.3) is 0 Å². The molecule has 0 radical (unpaired) electrons. The van der Waals surface area contributed by atoms with Crippen LogP contribution < -0.4 is 11.1 Å². The van der Waals surface area contributed by atoms with E-state index in [0.29, 0.717) is 28.9 Å². The minimum Gasteiger partial charge on any atom is -0.365 e. The van der Waals surface area contributed by atoms with Gasteiger partial charge in [-0.2, -0.15) is 0 Å². The zero-order chi connectivity index (χ0) is 16.6. The number of amides is 2. The molecule has 0 bridgehead atoms. The monoisotopic (exact) mass is 335 g/mol. The molecular formula is C17H25N3O2S. The van der Waals surface area contributed by atoms with Crippen LogP contribution in [-0.4, -0.2) is 36.3 Å². The van der Waals surface area contributed by atoms with Gasteiger partial charge in [0, 0.05) is 18.0 Å². The summed E-state index contributed by atoms with van der Waals surface area (Å²) < 4.78 is 0. The van der Waals surface area contributed by atoms with Gasteiger partial charge < -0.3 is 11.1 Å². The predicted octanol–water partition coefficient (Wildman–Crippen LogP) is 2.25. The lowest BCUT2D eigenvalue weighted by atomic mass is 9.92. The van der Waals surface area contributed by atoms with Crippen LogP contribution in [0.3, 0.4) is 0 Å². The Labute approximate surface area is 141 Å². The zero-order valence-corrected chi connectivity index (χ0v) is 14.7. The molecule has 3 rings (SSSR count). The van der Waals surface area contributed by atoms with Crippen molar-refractivity contribution in [2.45, 2.75) is 39.5 Å². The van der Waals surface area contributed by atoms with Gasteiger partial charge >= 0.3 is 0 Å². The van der Waals surface area contributed by atoms with Gasteiger partial charge in [-0.25, -0.2) is 0 Å². The normalized spacial score (nSPS) is 24.4. The second kappa shape index (κ2) is 6.61. The molecule has 1 aliphatic heterocycles. The van der Waals surface area contributed by atoms with Crippen LogP contribution in [-0.2, 0) is 17.6 Å². The third kappa shape index (κ3) is 3.58. The lowest BCUT2D eigenvalue weighted by Crippen LogP contribution is -2.42. The molecule has 1 aliphatic carbocycles. The summed E-state index contributed by atoms with van der Waals surface area (Å²) in [6.45, 7) is 6.77. The number of nitrogens with two attached hydrogens (primary N) is 1. The van der Waals surface area contributed by atoms with Gasteiger partial charge in [-0.3, -0.25) is 14.5 Å². The quantitative estimate of drug-likeness (QED) is 0.886. The number of nitrogens with one attached hydrogen (secondary N) is 1. The molecule has 126 valence electrons. The van der Waals surface area contributed by atoms with Crippen LogP contribution >= 0.6 is 11.3 Å². The Morgan fingerprint density at radius 2 is 1.96 bits per heavy atom. The van der Waals surface area contributed by atoms with Crippen LogP contribution in [0.4, 0.5) is 5.00 Å². The fraction of sp³-hybridized carbons (Fsp3) is 0.647. The van der Waals surface area contributed by atoms with E-state index in [1.807, 2.05) is 0 Å². The van der Waals surface area contributed by atoms with Crippen molar-refractivity contribution in [2.24, 2.45) is 17.6 Å². The Balaban J connectivity index is 1.68. The molecule has 3 N–H and O–H groups in total. The average Bonchev–Trinajstić information content (AvgIpc) is 2.96. The van der Waals surface area contributed by atoms with Crippen molar-refractivity contribution in [3.63, 3.8) is 0 Å². The van der Waals surface area contributed by atoms with E-state index in [0.717, 1.165) is 37.9 Å². The maximum Gasteiger partial charge on any atom is 0.251 e. The molecule has 5 nitrogen and oxygen atoms in total. The third-order valence-corrected chi connectivity index (χ3v) is 5.94. The number of likely N-dealkylation sites (tertiary alicyclic amines) is 1. The van der Waals surface area contributed by atoms with Crippen molar-refractivity contribution in [1.82, 2.24) is 4.90 Å². The van der Waals surface area contributed by atoms with E-state index in [9.17, 15) is 9.59 Å². The van der Waals surface area contributed by atoms with Crippen LogP contribution in [0.15, 0.2) is 0 Å². The number of hydrogen-bond donors (Lipinski definition) is 2. The number of hydrogen-bond acceptors (Lipinski definition) is 4. The average molecular weight is 335 g/mol. The SMILES string of the molecule is C[C@@H]1C[C@@H](C)CN(CC(=O)Nc2sc3c(c2C(N)=O)CCC3)C1. The molecule has 0 aromatic carbocycles. The summed E-state index contributed by atoms with van der Waals surface area (Å²) in [6, 6.07) is 0. The number of carbonyl (C=O) groups excluding carboxylic acids is 2. The summed E-state index contributed by atoms with van der Waals surface area (Å²) in [5.41, 5.74) is 7.13. The summed E-state index contributed by atoms with van der Waals surface area (Å²) in [6.07, 6.45) is 4.17. The number of nitrogens with zero attached hydrogens (tertiary/aromatic N) is 1. The molecule has 2 heterocycles. The molecule has 0 saturated carbocycles. The van der Waals surface area contributed by atoms with E-state index >= 15 is 0 Å². The van der Waals surface area contributed by atoms with Gasteiger partial charge in [0.2, 0.25) is 5.91 Å². The first-order chi connectivity index (χ1) is 10.9. The number of aryl methyl sites for hydroxylation is 1. The number of rotatable bonds is 4. The number of piperidine rings is 1. The Kier molecular flexibility index (Phi) is 4.73. The van der Waals surface area contributed by atoms with Gasteiger partial charge in [-0.1, -0.05) is 13.8 Å². The first-order valence-electron chi connectivity index (χ1n) is 8.40. The zero-order valence-electron chi connectivity index (χ0n) is 13.9. The van der Waals surface area contributed by atoms with E-state index in [2.05, 4.69) is 24.1 Å². The molecule has 1 fully saturated rings. The first kappa shape index (κ1) is 16.5. The van der Waals surface area contributed by atoms with Crippen molar-refractivity contribution in [3.8, 4) is 0 Å². The lowest BCUT2D eigenvalue weighted by Gasteiger charge is -2.34. The van der Waals surface area contributed by atoms with Gasteiger partial charge in [0.05, 0.1) is 12.1 Å². The van der Waals surface area contributed by atoms with Crippen molar-refractivity contribution in [1.29, 1.82) is 0 Å². The third-order valence-electron chi connectivity index (χ3n) is 4.73. The van der Waals surface area contributed by atoms with Crippen molar-refractivity contribution >= 4 is 28.2 Å². The predicted molar refractivity (Wildman–Crippen MR) is 92.9 cm³/mol. The van der Waals surface area contributed by atoms with Gasteiger partial charge in [0.15, 0.2) is 0 Å². The summed E-state index contributed by atoms with van der Waals surface area (Å²) >= 11 is 1.52. The smallest absolute Gasteiger partial charge is 0.251 e. The molecule has 2 amide bonds. The van der Waals surface area contributed by atoms with Crippen LogP contribution in [0.5, 0.6) is 0 Å². The molecular weight excluding hydrogens is 310 g/mol. The topological polar surface area (TPSA) is 75.4 Å². The summed E-state index contributed by atoms with van der Waals surface area (Å²) in [4.78, 5) is 27.6. The number of anilines is 1. The highest BCUT2D eigenvalue weighted by Gasteiger charge is 2.27. The van der Waals surface area contributed by atoms with E-state index in [1.54, 1.807) is 0 Å². The molecule has 23 heavy (non-hydrogen) atoms. The molecule has 0 unspecified atom stereocenters. The highest BCUT2D eigenvalue weighted by Crippen LogP contribution is 2.38. The number of thiophene rings is 1. The van der Waals surface area contributed by atoms with E-state index in [-0.39, 0.29) is 5.91 Å². The van der Waals surface area contributed by atoms with Gasteiger partial charge in [-0.05, 0) is 43.1 Å². The highest BCUT2D eigenvalue weighted by atomic mass is 32.1. The second-order valence-electron chi connectivity index (χ2n) is 7.11.